The molecule has 0 unspecified atom stereocenters. The predicted octanol–water partition coefficient (Wildman–Crippen LogP) is 1.90. The van der Waals surface area contributed by atoms with Crippen LogP contribution in [0.2, 0.25) is 0 Å². The first-order chi connectivity index (χ1) is 10.3. The van der Waals surface area contributed by atoms with Crippen LogP contribution in [-0.4, -0.2) is 61.7 Å². The predicted molar refractivity (Wildman–Crippen MR) is 94.1 cm³/mol. The van der Waals surface area contributed by atoms with Crippen molar-refractivity contribution in [1.82, 2.24) is 15.3 Å². The highest BCUT2D eigenvalue weighted by molar-refractivity contribution is 7.98. The SMILES string of the molecule is CSCCN(C)c1nc(N2CCNCC2)nc2ccsc12. The third-order valence-corrected chi connectivity index (χ3v) is 5.16. The lowest BCUT2D eigenvalue weighted by molar-refractivity contribution is 0.580. The number of hydrogen-bond acceptors (Lipinski definition) is 7. The van der Waals surface area contributed by atoms with E-state index >= 15 is 0 Å². The Morgan fingerprint density at radius 2 is 2.19 bits per heavy atom. The Morgan fingerprint density at radius 1 is 1.38 bits per heavy atom. The van der Waals surface area contributed by atoms with E-state index in [1.54, 1.807) is 11.3 Å². The van der Waals surface area contributed by atoms with Crippen LogP contribution < -0.4 is 15.1 Å². The number of thioether (sulfide) groups is 1. The molecule has 3 heterocycles. The van der Waals surface area contributed by atoms with Gasteiger partial charge in [0.05, 0.1) is 10.2 Å². The van der Waals surface area contributed by atoms with Crippen molar-refractivity contribution in [1.29, 1.82) is 0 Å². The molecule has 2 aromatic heterocycles. The molecule has 1 N–H and O–H groups in total. The van der Waals surface area contributed by atoms with E-state index in [4.69, 9.17) is 9.97 Å². The average Bonchev–Trinajstić information content (AvgIpc) is 3.01. The van der Waals surface area contributed by atoms with Crippen molar-refractivity contribution in [2.75, 3.05) is 61.6 Å². The van der Waals surface area contributed by atoms with E-state index in [1.807, 2.05) is 11.8 Å². The molecule has 0 aromatic carbocycles. The highest BCUT2D eigenvalue weighted by Gasteiger charge is 2.18. The zero-order valence-electron chi connectivity index (χ0n) is 12.5. The molecule has 0 spiro atoms. The van der Waals surface area contributed by atoms with Crippen molar-refractivity contribution < 1.29 is 0 Å². The van der Waals surface area contributed by atoms with Gasteiger partial charge in [-0.15, -0.1) is 11.3 Å². The Bertz CT molecular complexity index is 594. The van der Waals surface area contributed by atoms with Gasteiger partial charge < -0.3 is 15.1 Å². The molecule has 0 aliphatic carbocycles. The number of anilines is 2. The van der Waals surface area contributed by atoms with Crippen molar-refractivity contribution in [2.45, 2.75) is 0 Å². The number of nitrogens with one attached hydrogen (secondary N) is 1. The van der Waals surface area contributed by atoms with Crippen LogP contribution in [-0.2, 0) is 0 Å². The summed E-state index contributed by atoms with van der Waals surface area (Å²) >= 11 is 3.59. The summed E-state index contributed by atoms with van der Waals surface area (Å²) in [6, 6.07) is 2.10. The molecule has 5 nitrogen and oxygen atoms in total. The maximum absolute atomic E-state index is 4.86. The van der Waals surface area contributed by atoms with Crippen LogP contribution in [0.1, 0.15) is 0 Å². The molecule has 1 aliphatic heterocycles. The third kappa shape index (κ3) is 3.25. The number of thiophene rings is 1. The van der Waals surface area contributed by atoms with Crippen molar-refractivity contribution >= 4 is 45.1 Å². The molecule has 0 amide bonds. The van der Waals surface area contributed by atoms with Gasteiger partial charge in [0.15, 0.2) is 5.82 Å². The largest absolute Gasteiger partial charge is 0.357 e. The number of piperazine rings is 1. The normalized spacial score (nSPS) is 15.6. The summed E-state index contributed by atoms with van der Waals surface area (Å²) < 4.78 is 1.19. The van der Waals surface area contributed by atoms with Crippen LogP contribution in [0.5, 0.6) is 0 Å². The molecule has 1 aliphatic rings. The van der Waals surface area contributed by atoms with Gasteiger partial charge >= 0.3 is 0 Å². The summed E-state index contributed by atoms with van der Waals surface area (Å²) in [7, 11) is 2.12. The third-order valence-electron chi connectivity index (χ3n) is 3.67. The molecule has 0 atom stereocenters. The standard InChI is InChI=1S/C14H21N5S2/c1-18(8-10-20-2)13-12-11(3-9-21-12)16-14(17-13)19-6-4-15-5-7-19/h3,9,15H,4-8,10H2,1-2H3. The van der Waals surface area contributed by atoms with E-state index in [-0.39, 0.29) is 0 Å². The number of nitrogens with zero attached hydrogens (tertiary/aromatic N) is 4. The highest BCUT2D eigenvalue weighted by atomic mass is 32.2. The monoisotopic (exact) mass is 323 g/mol. The molecule has 7 heteroatoms. The van der Waals surface area contributed by atoms with Crippen LogP contribution in [0.4, 0.5) is 11.8 Å². The first-order valence-corrected chi connectivity index (χ1v) is 9.48. The Balaban J connectivity index is 1.94. The molecule has 21 heavy (non-hydrogen) atoms. The average molecular weight is 323 g/mol. The quantitative estimate of drug-likeness (QED) is 0.907. The molecule has 0 saturated carbocycles. The molecule has 0 radical (unpaired) electrons. The van der Waals surface area contributed by atoms with E-state index in [0.29, 0.717) is 0 Å². The van der Waals surface area contributed by atoms with Gasteiger partial charge in [0.25, 0.3) is 0 Å². The van der Waals surface area contributed by atoms with E-state index in [2.05, 4.69) is 39.9 Å². The molecule has 114 valence electrons. The number of hydrogen-bond donors (Lipinski definition) is 1. The van der Waals surface area contributed by atoms with Gasteiger partial charge in [-0.05, 0) is 17.7 Å². The van der Waals surface area contributed by atoms with Gasteiger partial charge in [0.1, 0.15) is 0 Å². The maximum atomic E-state index is 4.86. The fourth-order valence-electron chi connectivity index (χ4n) is 2.44. The summed E-state index contributed by atoms with van der Waals surface area (Å²) in [4.78, 5) is 14.1. The summed E-state index contributed by atoms with van der Waals surface area (Å²) in [5.41, 5.74) is 1.06. The Morgan fingerprint density at radius 3 is 2.95 bits per heavy atom. The molecule has 1 fully saturated rings. The van der Waals surface area contributed by atoms with Gasteiger partial charge in [0, 0.05) is 45.5 Å². The lowest BCUT2D eigenvalue weighted by Crippen LogP contribution is -2.44. The Kier molecular flexibility index (Phi) is 4.82. The van der Waals surface area contributed by atoms with Crippen LogP contribution in [0.3, 0.4) is 0 Å². The van der Waals surface area contributed by atoms with Gasteiger partial charge in [0.2, 0.25) is 5.95 Å². The van der Waals surface area contributed by atoms with Crippen LogP contribution in [0.25, 0.3) is 10.2 Å². The van der Waals surface area contributed by atoms with Gasteiger partial charge in [-0.1, -0.05) is 0 Å². The fraction of sp³-hybridized carbons (Fsp3) is 0.571. The molecule has 1 saturated heterocycles. The first kappa shape index (κ1) is 14.9. The van der Waals surface area contributed by atoms with Crippen molar-refractivity contribution in [3.63, 3.8) is 0 Å². The summed E-state index contributed by atoms with van der Waals surface area (Å²) in [6.07, 6.45) is 2.14. The second-order valence-electron chi connectivity index (χ2n) is 5.13. The Hall–Kier alpha value is -1.05. The Labute approximate surface area is 133 Å². The van der Waals surface area contributed by atoms with E-state index < -0.39 is 0 Å². The second kappa shape index (κ2) is 6.81. The van der Waals surface area contributed by atoms with Gasteiger partial charge in [-0.3, -0.25) is 0 Å². The summed E-state index contributed by atoms with van der Waals surface area (Å²) in [5, 5.41) is 5.48. The number of aromatic nitrogens is 2. The zero-order valence-corrected chi connectivity index (χ0v) is 14.1. The second-order valence-corrected chi connectivity index (χ2v) is 7.04. The first-order valence-electron chi connectivity index (χ1n) is 7.20. The van der Waals surface area contributed by atoms with Crippen molar-refractivity contribution in [3.8, 4) is 0 Å². The van der Waals surface area contributed by atoms with Crippen molar-refractivity contribution in [3.05, 3.63) is 11.4 Å². The van der Waals surface area contributed by atoms with Gasteiger partial charge in [-0.25, -0.2) is 4.98 Å². The zero-order chi connectivity index (χ0) is 14.7. The van der Waals surface area contributed by atoms with Crippen molar-refractivity contribution in [2.24, 2.45) is 0 Å². The van der Waals surface area contributed by atoms with Gasteiger partial charge in [-0.2, -0.15) is 16.7 Å². The topological polar surface area (TPSA) is 44.3 Å². The summed E-state index contributed by atoms with van der Waals surface area (Å²) in [5.74, 6) is 3.04. The van der Waals surface area contributed by atoms with E-state index in [1.165, 1.54) is 4.70 Å². The smallest absolute Gasteiger partial charge is 0.228 e. The van der Waals surface area contributed by atoms with Crippen LogP contribution in [0.15, 0.2) is 11.4 Å². The highest BCUT2D eigenvalue weighted by Crippen LogP contribution is 2.30. The molecular formula is C14H21N5S2. The summed E-state index contributed by atoms with van der Waals surface area (Å²) in [6.45, 7) is 4.96. The minimum Gasteiger partial charge on any atom is -0.357 e. The fourth-order valence-corrected chi connectivity index (χ4v) is 3.77. The van der Waals surface area contributed by atoms with Crippen LogP contribution >= 0.6 is 23.1 Å². The van der Waals surface area contributed by atoms with Crippen LogP contribution in [0, 0.1) is 0 Å². The minimum absolute atomic E-state index is 0.869. The number of rotatable bonds is 5. The molecule has 0 bridgehead atoms. The maximum Gasteiger partial charge on any atom is 0.228 e. The lowest BCUT2D eigenvalue weighted by atomic mass is 10.3. The minimum atomic E-state index is 0.869. The molecular weight excluding hydrogens is 302 g/mol. The van der Waals surface area contributed by atoms with E-state index in [0.717, 1.165) is 55.8 Å². The molecule has 2 aromatic rings. The molecule has 3 rings (SSSR count). The lowest BCUT2D eigenvalue weighted by Gasteiger charge is -2.28. The van der Waals surface area contributed by atoms with E-state index in [9.17, 15) is 0 Å². The number of fused-ring (bicyclic) bond motifs is 1.